The van der Waals surface area contributed by atoms with E-state index in [4.69, 9.17) is 7.85 Å². The molecule has 44 valence electrons. The van der Waals surface area contributed by atoms with Gasteiger partial charge in [0.2, 0.25) is 0 Å². The van der Waals surface area contributed by atoms with Gasteiger partial charge in [0.15, 0.2) is 0 Å². The highest BCUT2D eigenvalue weighted by Gasteiger charge is 1.84. The topological polar surface area (TPSA) is 23.5 Å². The summed E-state index contributed by atoms with van der Waals surface area (Å²) in [7, 11) is 3.62. The number of hydrogen-bond donors (Lipinski definition) is 1. The van der Waals surface area contributed by atoms with Gasteiger partial charge < -0.3 is 10.0 Å². The Morgan fingerprint density at radius 3 is 2.43 bits per heavy atom. The van der Waals surface area contributed by atoms with Gasteiger partial charge in [0.05, 0.1) is 1.37 Å². The largest absolute Gasteiger partial charge is 0.396 e. The fourth-order valence-corrected chi connectivity index (χ4v) is 0.258. The van der Waals surface area contributed by atoms with Crippen LogP contribution >= 0.6 is 0 Å². The Balaban J connectivity index is 3.38. The minimum Gasteiger partial charge on any atom is -0.396 e. The highest BCUT2D eigenvalue weighted by molar-refractivity contribution is 4.39. The molecule has 0 radical (unpaired) electrons. The molecule has 0 aromatic rings. The number of nitrogens with zero attached hydrogens (tertiary/aromatic N) is 1. The quantitative estimate of drug-likeness (QED) is 0.543. The first kappa shape index (κ1) is 3.87. The Kier molecular flexibility index (Phi) is 2.26. The molecule has 2 atom stereocenters. The first-order chi connectivity index (χ1) is 4.04. The van der Waals surface area contributed by atoms with Crippen LogP contribution in [0.1, 0.15) is 9.14 Å². The van der Waals surface area contributed by atoms with Gasteiger partial charge in [-0.2, -0.15) is 0 Å². The second-order valence-electron chi connectivity index (χ2n) is 1.65. The van der Waals surface area contributed by atoms with E-state index < -0.39 is 13.0 Å². The van der Waals surface area contributed by atoms with Gasteiger partial charge in [-0.3, -0.25) is 0 Å². The molecule has 0 rings (SSSR count). The molecule has 0 aliphatic carbocycles. The molecule has 7 heavy (non-hydrogen) atoms. The number of rotatable bonds is 3. The smallest absolute Gasteiger partial charge is 0.0564 e. The van der Waals surface area contributed by atoms with Crippen molar-refractivity contribution in [2.24, 2.45) is 0 Å². The van der Waals surface area contributed by atoms with Gasteiger partial charge in [0.25, 0.3) is 0 Å². The molecule has 2 unspecified atom stereocenters. The van der Waals surface area contributed by atoms with E-state index in [0.29, 0.717) is 6.54 Å². The second kappa shape index (κ2) is 4.09. The summed E-state index contributed by atoms with van der Waals surface area (Å²) in [6, 6.07) is 0. The molecule has 0 aromatic carbocycles. The second-order valence-corrected chi connectivity index (χ2v) is 1.65. The molecule has 2 heteroatoms. The minimum absolute atomic E-state index is 0.435. The third-order valence-corrected chi connectivity index (χ3v) is 0.576. The average Bonchev–Trinajstić information content (AvgIpc) is 1.63. The van der Waals surface area contributed by atoms with Crippen LogP contribution in [-0.4, -0.2) is 37.2 Å². The summed E-state index contributed by atoms with van der Waals surface area (Å²) in [5, 5.41) is 8.52. The Morgan fingerprint density at radius 2 is 2.29 bits per heavy atom. The summed E-state index contributed by atoms with van der Waals surface area (Å²) < 4.78 is 13.8. The third-order valence-electron chi connectivity index (χ3n) is 0.576. The van der Waals surface area contributed by atoms with E-state index in [9.17, 15) is 0 Å². The van der Waals surface area contributed by atoms with Crippen LogP contribution in [0.25, 0.3) is 0 Å². The summed E-state index contributed by atoms with van der Waals surface area (Å²) in [4.78, 5) is 1.77. The van der Waals surface area contributed by atoms with Gasteiger partial charge in [-0.05, 0) is 27.0 Å². The van der Waals surface area contributed by atoms with Crippen molar-refractivity contribution in [3.63, 3.8) is 0 Å². The van der Waals surface area contributed by atoms with Crippen molar-refractivity contribution in [3.8, 4) is 0 Å². The molecule has 0 bridgehead atoms. The molecule has 0 heterocycles. The maximum absolute atomic E-state index is 8.52. The van der Waals surface area contributed by atoms with Crippen molar-refractivity contribution in [2.75, 3.05) is 27.2 Å². The zero-order valence-corrected chi connectivity index (χ0v) is 4.76. The van der Waals surface area contributed by atoms with Crippen LogP contribution in [0.3, 0.4) is 0 Å². The summed E-state index contributed by atoms with van der Waals surface area (Å²) in [6.07, 6.45) is -0.708. The molecule has 0 aromatic heterocycles. The molecule has 0 spiro atoms. The van der Waals surface area contributed by atoms with E-state index in [0.717, 1.165) is 0 Å². The van der Waals surface area contributed by atoms with Crippen molar-refractivity contribution < 1.29 is 7.85 Å². The van der Waals surface area contributed by atoms with Crippen LogP contribution < -0.4 is 0 Å². The van der Waals surface area contributed by atoms with Crippen molar-refractivity contribution >= 4 is 0 Å². The lowest BCUT2D eigenvalue weighted by Crippen LogP contribution is -2.13. The average molecular weight is 105 g/mol. The Labute approximate surface area is 47.6 Å². The lowest BCUT2D eigenvalue weighted by molar-refractivity contribution is 0.263. The molecule has 1 N–H and O–H groups in total. The molecule has 0 aliphatic heterocycles. The Morgan fingerprint density at radius 1 is 1.71 bits per heavy atom. The van der Waals surface area contributed by atoms with Crippen molar-refractivity contribution in [1.29, 1.82) is 0 Å². The van der Waals surface area contributed by atoms with E-state index in [-0.39, 0.29) is 0 Å². The fourth-order valence-electron chi connectivity index (χ4n) is 0.258. The van der Waals surface area contributed by atoms with E-state index in [1.165, 1.54) is 0 Å². The molecular formula is C5H13NO. The predicted octanol–water partition coefficient (Wildman–Crippen LogP) is -0.0696. The van der Waals surface area contributed by atoms with Crippen molar-refractivity contribution in [2.45, 2.75) is 6.40 Å². The van der Waals surface area contributed by atoms with E-state index in [2.05, 4.69) is 0 Å². The van der Waals surface area contributed by atoms with Gasteiger partial charge in [0.1, 0.15) is 0 Å². The number of aliphatic hydroxyl groups is 1. The van der Waals surface area contributed by atoms with E-state index in [1.807, 2.05) is 14.1 Å². The molecule has 0 aliphatic rings. The zero-order valence-electron chi connectivity index (χ0n) is 6.76. The summed E-state index contributed by atoms with van der Waals surface area (Å²) in [5.41, 5.74) is 0. The molecule has 0 saturated carbocycles. The zero-order chi connectivity index (χ0) is 7.44. The van der Waals surface area contributed by atoms with Crippen LogP contribution in [0.5, 0.6) is 0 Å². The maximum atomic E-state index is 8.52. The van der Waals surface area contributed by atoms with Gasteiger partial charge in [-0.25, -0.2) is 0 Å². The molecule has 2 nitrogen and oxygen atoms in total. The highest BCUT2D eigenvalue weighted by atomic mass is 16.3. The SMILES string of the molecule is [2H]C(O)C([2H])CN(C)C. The molecule has 0 fully saturated rings. The molecular weight excluding hydrogens is 90.1 g/mol. The normalized spacial score (nSPS) is 23.4. The van der Waals surface area contributed by atoms with Crippen molar-refractivity contribution in [3.05, 3.63) is 0 Å². The van der Waals surface area contributed by atoms with Crippen LogP contribution in [0.15, 0.2) is 0 Å². The Bertz CT molecular complexity index is 77.4. The lowest BCUT2D eigenvalue weighted by Gasteiger charge is -2.05. The van der Waals surface area contributed by atoms with E-state index >= 15 is 0 Å². The monoisotopic (exact) mass is 105 g/mol. The number of hydrogen-bond acceptors (Lipinski definition) is 2. The third kappa shape index (κ3) is 5.92. The predicted molar refractivity (Wildman–Crippen MR) is 30.3 cm³/mol. The van der Waals surface area contributed by atoms with Crippen LogP contribution in [0.2, 0.25) is 0 Å². The lowest BCUT2D eigenvalue weighted by atomic mass is 10.4. The number of aliphatic hydroxyl groups excluding tert-OH is 1. The standard InChI is InChI=1S/C5H13NO/c1-6(2)4-3-5-7/h7H,3-5H2,1-2H3/i3D,5D. The Hall–Kier alpha value is -0.0800. The van der Waals surface area contributed by atoms with Gasteiger partial charge in [0, 0.05) is 7.95 Å². The van der Waals surface area contributed by atoms with E-state index in [1.54, 1.807) is 4.90 Å². The van der Waals surface area contributed by atoms with Gasteiger partial charge >= 0.3 is 0 Å². The first-order valence-corrected chi connectivity index (χ1v) is 2.21. The molecule has 0 amide bonds. The van der Waals surface area contributed by atoms with Crippen LogP contribution in [-0.2, 0) is 0 Å². The minimum atomic E-state index is -1.27. The van der Waals surface area contributed by atoms with Crippen LogP contribution in [0, 0.1) is 0 Å². The van der Waals surface area contributed by atoms with Crippen LogP contribution in [0.4, 0.5) is 0 Å². The first-order valence-electron chi connectivity index (χ1n) is 3.37. The molecule has 0 saturated heterocycles. The summed E-state index contributed by atoms with van der Waals surface area (Å²) >= 11 is 0. The highest BCUT2D eigenvalue weighted by Crippen LogP contribution is 1.77. The summed E-state index contributed by atoms with van der Waals surface area (Å²) in [5.74, 6) is 0. The van der Waals surface area contributed by atoms with Gasteiger partial charge in [-0.15, -0.1) is 0 Å². The fraction of sp³-hybridized carbons (Fsp3) is 1.00. The summed E-state index contributed by atoms with van der Waals surface area (Å²) in [6.45, 7) is -0.836. The van der Waals surface area contributed by atoms with Gasteiger partial charge in [-0.1, -0.05) is 0 Å². The van der Waals surface area contributed by atoms with Crippen molar-refractivity contribution in [1.82, 2.24) is 4.90 Å². The maximum Gasteiger partial charge on any atom is 0.0564 e.